The first kappa shape index (κ1) is 14.3. The van der Waals surface area contributed by atoms with E-state index in [1.807, 2.05) is 4.90 Å². The first-order valence-electron chi connectivity index (χ1n) is 7.01. The minimum atomic E-state index is 0.108. The molecule has 0 bridgehead atoms. The van der Waals surface area contributed by atoms with Gasteiger partial charge >= 0.3 is 0 Å². The minimum Gasteiger partial charge on any atom is -0.335 e. The third kappa shape index (κ3) is 3.08. The van der Waals surface area contributed by atoms with Crippen LogP contribution in [0.15, 0.2) is 29.7 Å². The molecule has 0 spiro atoms. The van der Waals surface area contributed by atoms with E-state index in [0.29, 0.717) is 12.3 Å². The van der Waals surface area contributed by atoms with Crippen molar-refractivity contribution in [2.24, 2.45) is 5.92 Å². The molecule has 0 radical (unpaired) electrons. The number of hydrogen-bond acceptors (Lipinski definition) is 2. The molecule has 0 N–H and O–H groups in total. The summed E-state index contributed by atoms with van der Waals surface area (Å²) in [7, 11) is 0. The summed E-state index contributed by atoms with van der Waals surface area (Å²) in [6.45, 7) is 8.37. The molecule has 19 heavy (non-hydrogen) atoms. The van der Waals surface area contributed by atoms with Gasteiger partial charge in [-0.05, 0) is 23.8 Å². The highest BCUT2D eigenvalue weighted by molar-refractivity contribution is 7.10. The Morgan fingerprint density at radius 3 is 2.63 bits per heavy atom. The Morgan fingerprint density at radius 1 is 1.42 bits per heavy atom. The maximum Gasteiger partial charge on any atom is 0.223 e. The van der Waals surface area contributed by atoms with Crippen LogP contribution < -0.4 is 0 Å². The van der Waals surface area contributed by atoms with Crippen molar-refractivity contribution < 1.29 is 4.79 Å². The Morgan fingerprint density at radius 2 is 2.11 bits per heavy atom. The van der Waals surface area contributed by atoms with Gasteiger partial charge in [-0.3, -0.25) is 4.79 Å². The van der Waals surface area contributed by atoms with Crippen molar-refractivity contribution in [2.45, 2.75) is 39.0 Å². The van der Waals surface area contributed by atoms with Crippen molar-refractivity contribution in [3.63, 3.8) is 0 Å². The lowest BCUT2D eigenvalue weighted by atomic mass is 9.74. The predicted molar refractivity (Wildman–Crippen MR) is 81.5 cm³/mol. The van der Waals surface area contributed by atoms with Gasteiger partial charge in [0, 0.05) is 29.8 Å². The zero-order valence-electron chi connectivity index (χ0n) is 12.1. The van der Waals surface area contributed by atoms with Crippen molar-refractivity contribution in [3.8, 4) is 0 Å². The maximum absolute atomic E-state index is 12.2. The summed E-state index contributed by atoms with van der Waals surface area (Å²) in [5.41, 5.74) is 0.108. The van der Waals surface area contributed by atoms with Crippen molar-refractivity contribution in [3.05, 3.63) is 34.5 Å². The van der Waals surface area contributed by atoms with Crippen LogP contribution in [0.25, 0.3) is 0 Å². The van der Waals surface area contributed by atoms with E-state index in [1.54, 1.807) is 11.3 Å². The maximum atomic E-state index is 12.2. The van der Waals surface area contributed by atoms with Gasteiger partial charge in [0.25, 0.3) is 0 Å². The van der Waals surface area contributed by atoms with E-state index in [2.05, 4.69) is 50.4 Å². The first-order chi connectivity index (χ1) is 9.04. The summed E-state index contributed by atoms with van der Waals surface area (Å²) in [5, 5.41) is 2.13. The zero-order valence-corrected chi connectivity index (χ0v) is 12.9. The molecule has 3 heteroatoms. The van der Waals surface area contributed by atoms with E-state index in [-0.39, 0.29) is 11.3 Å². The standard InChI is InChI=1S/C16H23NOS/c1-13(2)16(3,14-7-6-12-19-14)9-8-15(18)17-10-4-5-11-17/h4-7,12-13H,8-11H2,1-3H3. The Kier molecular flexibility index (Phi) is 4.46. The molecule has 1 aliphatic rings. The fourth-order valence-electron chi connectivity index (χ4n) is 2.51. The van der Waals surface area contributed by atoms with Crippen LogP contribution in [0.5, 0.6) is 0 Å². The minimum absolute atomic E-state index is 0.108. The highest BCUT2D eigenvalue weighted by atomic mass is 32.1. The second-order valence-corrected chi connectivity index (χ2v) is 6.77. The van der Waals surface area contributed by atoms with E-state index in [9.17, 15) is 4.79 Å². The Hall–Kier alpha value is -1.09. The van der Waals surface area contributed by atoms with Gasteiger partial charge in [0.2, 0.25) is 5.91 Å². The number of nitrogens with zero attached hydrogens (tertiary/aromatic N) is 1. The molecule has 1 aliphatic heterocycles. The molecule has 2 nitrogen and oxygen atoms in total. The van der Waals surface area contributed by atoms with E-state index in [4.69, 9.17) is 0 Å². The van der Waals surface area contributed by atoms with Crippen LogP contribution in [0.4, 0.5) is 0 Å². The van der Waals surface area contributed by atoms with Gasteiger partial charge in [-0.1, -0.05) is 39.0 Å². The second-order valence-electron chi connectivity index (χ2n) is 5.82. The quantitative estimate of drug-likeness (QED) is 0.749. The van der Waals surface area contributed by atoms with Gasteiger partial charge in [0.15, 0.2) is 0 Å². The van der Waals surface area contributed by atoms with Crippen molar-refractivity contribution >= 4 is 17.2 Å². The van der Waals surface area contributed by atoms with Crippen LogP contribution in [0.2, 0.25) is 0 Å². The lowest BCUT2D eigenvalue weighted by Gasteiger charge is -2.33. The lowest BCUT2D eigenvalue weighted by molar-refractivity contribution is -0.130. The summed E-state index contributed by atoms with van der Waals surface area (Å²) < 4.78 is 0. The molecular weight excluding hydrogens is 254 g/mol. The zero-order chi connectivity index (χ0) is 13.9. The average molecular weight is 277 g/mol. The van der Waals surface area contributed by atoms with Gasteiger partial charge in [-0.2, -0.15) is 0 Å². The van der Waals surface area contributed by atoms with E-state index < -0.39 is 0 Å². The Bertz CT molecular complexity index is 441. The third-order valence-electron chi connectivity index (χ3n) is 4.39. The van der Waals surface area contributed by atoms with E-state index >= 15 is 0 Å². The molecule has 1 unspecified atom stereocenters. The highest BCUT2D eigenvalue weighted by Crippen LogP contribution is 2.39. The van der Waals surface area contributed by atoms with Gasteiger partial charge in [-0.25, -0.2) is 0 Å². The first-order valence-corrected chi connectivity index (χ1v) is 7.89. The molecular formula is C16H23NOS. The summed E-state index contributed by atoms with van der Waals surface area (Å²) in [4.78, 5) is 15.5. The number of carbonyl (C=O) groups excluding carboxylic acids is 1. The Labute approximate surface area is 120 Å². The molecule has 1 aromatic heterocycles. The summed E-state index contributed by atoms with van der Waals surface area (Å²) in [6, 6.07) is 4.30. The van der Waals surface area contributed by atoms with Crippen LogP contribution in [-0.2, 0) is 10.2 Å². The number of carbonyl (C=O) groups is 1. The van der Waals surface area contributed by atoms with Crippen LogP contribution in [0.1, 0.15) is 38.5 Å². The van der Waals surface area contributed by atoms with Crippen molar-refractivity contribution in [1.29, 1.82) is 0 Å². The molecule has 0 saturated heterocycles. The molecule has 1 amide bonds. The third-order valence-corrected chi connectivity index (χ3v) is 5.54. The van der Waals surface area contributed by atoms with Crippen LogP contribution in [-0.4, -0.2) is 23.9 Å². The smallest absolute Gasteiger partial charge is 0.223 e. The van der Waals surface area contributed by atoms with Crippen molar-refractivity contribution in [2.75, 3.05) is 13.1 Å². The van der Waals surface area contributed by atoms with Crippen LogP contribution in [0.3, 0.4) is 0 Å². The molecule has 2 rings (SSSR count). The summed E-state index contributed by atoms with van der Waals surface area (Å²) in [5.74, 6) is 0.823. The lowest BCUT2D eigenvalue weighted by Crippen LogP contribution is -2.33. The fraction of sp³-hybridized carbons (Fsp3) is 0.562. The summed E-state index contributed by atoms with van der Waals surface area (Å²) in [6.07, 6.45) is 5.71. The topological polar surface area (TPSA) is 20.3 Å². The van der Waals surface area contributed by atoms with Gasteiger partial charge < -0.3 is 4.90 Å². The highest BCUT2D eigenvalue weighted by Gasteiger charge is 2.32. The molecule has 0 fully saturated rings. The number of rotatable bonds is 5. The van der Waals surface area contributed by atoms with Gasteiger partial charge in [0.05, 0.1) is 0 Å². The number of thiophene rings is 1. The van der Waals surface area contributed by atoms with Crippen molar-refractivity contribution in [1.82, 2.24) is 4.90 Å². The molecule has 1 aromatic rings. The van der Waals surface area contributed by atoms with Gasteiger partial charge in [0.1, 0.15) is 0 Å². The molecule has 0 saturated carbocycles. The molecule has 0 aromatic carbocycles. The Balaban J connectivity index is 2.00. The SMILES string of the molecule is CC(C)C(C)(CCC(=O)N1CC=CC1)c1cccs1. The monoisotopic (exact) mass is 277 g/mol. The summed E-state index contributed by atoms with van der Waals surface area (Å²) >= 11 is 1.80. The van der Waals surface area contributed by atoms with Crippen LogP contribution >= 0.6 is 11.3 Å². The van der Waals surface area contributed by atoms with E-state index in [0.717, 1.165) is 19.5 Å². The second kappa shape index (κ2) is 5.91. The molecule has 104 valence electrons. The predicted octanol–water partition coefficient (Wildman–Crippen LogP) is 3.84. The number of hydrogen-bond donors (Lipinski definition) is 0. The van der Waals surface area contributed by atoms with Gasteiger partial charge in [-0.15, -0.1) is 11.3 Å². The normalized spacial score (nSPS) is 18.0. The van der Waals surface area contributed by atoms with E-state index in [1.165, 1.54) is 4.88 Å². The largest absolute Gasteiger partial charge is 0.335 e. The number of amides is 1. The molecule has 2 heterocycles. The molecule has 0 aliphatic carbocycles. The van der Waals surface area contributed by atoms with Crippen LogP contribution in [0, 0.1) is 5.92 Å². The average Bonchev–Trinajstić information content (AvgIpc) is 3.06. The fourth-order valence-corrected chi connectivity index (χ4v) is 3.57. The molecule has 1 atom stereocenters.